The van der Waals surface area contributed by atoms with Crippen LogP contribution in [0.25, 0.3) is 0 Å². The van der Waals surface area contributed by atoms with E-state index in [-0.39, 0.29) is 24.1 Å². The van der Waals surface area contributed by atoms with Crippen LogP contribution >= 0.6 is 0 Å². The lowest BCUT2D eigenvalue weighted by atomic mass is 9.86. The molecule has 2 rings (SSSR count). The Balaban J connectivity index is 1.98. The van der Waals surface area contributed by atoms with Crippen molar-refractivity contribution in [3.8, 4) is 0 Å². The molecule has 1 saturated carbocycles. The maximum Gasteiger partial charge on any atom is 0.306 e. The highest BCUT2D eigenvalue weighted by molar-refractivity contribution is 5.70. The van der Waals surface area contributed by atoms with Gasteiger partial charge in [-0.05, 0) is 19.3 Å². The molecule has 0 saturated heterocycles. The van der Waals surface area contributed by atoms with Crippen molar-refractivity contribution in [3.63, 3.8) is 0 Å². The van der Waals surface area contributed by atoms with Crippen LogP contribution in [0.1, 0.15) is 31.2 Å². The lowest BCUT2D eigenvalue weighted by molar-refractivity contribution is -0.387. The Morgan fingerprint density at radius 2 is 2.24 bits per heavy atom. The second-order valence-electron chi connectivity index (χ2n) is 5.29. The molecule has 1 aliphatic rings. The van der Waals surface area contributed by atoms with Crippen LogP contribution in [0.5, 0.6) is 0 Å². The molecule has 1 aromatic carbocycles. The van der Waals surface area contributed by atoms with E-state index in [2.05, 4.69) is 5.32 Å². The summed E-state index contributed by atoms with van der Waals surface area (Å²) >= 11 is 0. The molecule has 1 aliphatic carbocycles. The molecule has 21 heavy (non-hydrogen) atoms. The van der Waals surface area contributed by atoms with Crippen LogP contribution in [-0.2, 0) is 11.3 Å². The number of nitrogens with one attached hydrogen (secondary N) is 1. The molecular formula is C14H17FN2O4. The molecule has 0 aromatic heterocycles. The van der Waals surface area contributed by atoms with Gasteiger partial charge in [0.1, 0.15) is 0 Å². The molecule has 2 unspecified atom stereocenters. The fraction of sp³-hybridized carbons (Fsp3) is 0.500. The maximum atomic E-state index is 13.9. The Morgan fingerprint density at radius 3 is 2.90 bits per heavy atom. The zero-order valence-corrected chi connectivity index (χ0v) is 11.4. The summed E-state index contributed by atoms with van der Waals surface area (Å²) in [5.41, 5.74) is -0.317. The number of nitro groups is 1. The minimum atomic E-state index is -0.833. The Kier molecular flexibility index (Phi) is 4.85. The second-order valence-corrected chi connectivity index (χ2v) is 5.29. The van der Waals surface area contributed by atoms with Crippen LogP contribution in [0, 0.1) is 21.8 Å². The Hall–Kier alpha value is -2.02. The highest BCUT2D eigenvalue weighted by Crippen LogP contribution is 2.25. The zero-order valence-electron chi connectivity index (χ0n) is 11.4. The fourth-order valence-electron chi connectivity index (χ4n) is 2.70. The molecule has 2 atom stereocenters. The van der Waals surface area contributed by atoms with E-state index in [1.54, 1.807) is 0 Å². The van der Waals surface area contributed by atoms with Gasteiger partial charge in [-0.3, -0.25) is 14.9 Å². The number of rotatable bonds is 5. The normalized spacial score (nSPS) is 22.0. The molecule has 1 aromatic rings. The van der Waals surface area contributed by atoms with E-state index in [4.69, 9.17) is 5.11 Å². The van der Waals surface area contributed by atoms with Gasteiger partial charge in [0.25, 0.3) is 0 Å². The third-order valence-electron chi connectivity index (χ3n) is 3.86. The van der Waals surface area contributed by atoms with Crippen molar-refractivity contribution in [2.24, 2.45) is 5.92 Å². The van der Waals surface area contributed by atoms with Crippen LogP contribution in [0.3, 0.4) is 0 Å². The van der Waals surface area contributed by atoms with E-state index in [1.807, 2.05) is 0 Å². The zero-order chi connectivity index (χ0) is 15.4. The minimum absolute atomic E-state index is 0.00138. The molecule has 1 fully saturated rings. The summed E-state index contributed by atoms with van der Waals surface area (Å²) in [5.74, 6) is -2.00. The number of nitrogens with zero attached hydrogens (tertiary/aromatic N) is 1. The van der Waals surface area contributed by atoms with Gasteiger partial charge in [0, 0.05) is 24.2 Å². The van der Waals surface area contributed by atoms with Gasteiger partial charge in [-0.2, -0.15) is 4.39 Å². The second kappa shape index (κ2) is 6.62. The van der Waals surface area contributed by atoms with Gasteiger partial charge in [0.2, 0.25) is 5.82 Å². The molecule has 114 valence electrons. The summed E-state index contributed by atoms with van der Waals surface area (Å²) < 4.78 is 13.9. The maximum absolute atomic E-state index is 13.9. The smallest absolute Gasteiger partial charge is 0.306 e. The van der Waals surface area contributed by atoms with E-state index < -0.39 is 22.4 Å². The Morgan fingerprint density at radius 1 is 1.48 bits per heavy atom. The monoisotopic (exact) mass is 296 g/mol. The Bertz CT molecular complexity index is 550. The number of nitro benzene ring substituents is 1. The molecule has 0 heterocycles. The van der Waals surface area contributed by atoms with Gasteiger partial charge in [0.15, 0.2) is 0 Å². The van der Waals surface area contributed by atoms with Crippen LogP contribution in [0.2, 0.25) is 0 Å². The lowest BCUT2D eigenvalue weighted by Gasteiger charge is -2.27. The van der Waals surface area contributed by atoms with Crippen LogP contribution in [0.15, 0.2) is 18.2 Å². The first-order chi connectivity index (χ1) is 9.99. The van der Waals surface area contributed by atoms with Gasteiger partial charge in [0.05, 0.1) is 10.8 Å². The molecule has 2 N–H and O–H groups in total. The lowest BCUT2D eigenvalue weighted by Crippen LogP contribution is -2.36. The molecule has 0 aliphatic heterocycles. The summed E-state index contributed by atoms with van der Waals surface area (Å²) in [7, 11) is 0. The molecule has 0 amide bonds. The average Bonchev–Trinajstić information content (AvgIpc) is 2.46. The summed E-state index contributed by atoms with van der Waals surface area (Å²) in [6.45, 7) is 0.157. The third-order valence-corrected chi connectivity index (χ3v) is 3.86. The van der Waals surface area contributed by atoms with E-state index in [0.29, 0.717) is 12.8 Å². The molecule has 0 spiro atoms. The van der Waals surface area contributed by atoms with E-state index in [9.17, 15) is 19.3 Å². The number of hydrogen-bond donors (Lipinski definition) is 2. The van der Waals surface area contributed by atoms with Crippen LogP contribution < -0.4 is 5.32 Å². The molecule has 6 nitrogen and oxygen atoms in total. The average molecular weight is 296 g/mol. The highest BCUT2D eigenvalue weighted by atomic mass is 19.1. The van der Waals surface area contributed by atoms with Crippen molar-refractivity contribution in [1.82, 2.24) is 5.32 Å². The standard InChI is InChI=1S/C14H17FN2O4/c15-13-10(4-2-6-12(13)17(20)21)8-16-11-5-1-3-9(7-11)14(18)19/h2,4,6,9,11,16H,1,3,5,7-8H2,(H,18,19). The SMILES string of the molecule is O=C(O)C1CCCC(NCc2cccc([N+](=O)[O-])c2F)C1. The number of hydrogen-bond acceptors (Lipinski definition) is 4. The van der Waals surface area contributed by atoms with Crippen molar-refractivity contribution in [3.05, 3.63) is 39.7 Å². The quantitative estimate of drug-likeness (QED) is 0.643. The van der Waals surface area contributed by atoms with Gasteiger partial charge >= 0.3 is 11.7 Å². The van der Waals surface area contributed by atoms with E-state index in [1.165, 1.54) is 12.1 Å². The molecule has 7 heteroatoms. The molecule has 0 bridgehead atoms. The first-order valence-electron chi connectivity index (χ1n) is 6.87. The fourth-order valence-corrected chi connectivity index (χ4v) is 2.70. The van der Waals surface area contributed by atoms with Crippen molar-refractivity contribution in [2.75, 3.05) is 0 Å². The van der Waals surface area contributed by atoms with E-state index >= 15 is 0 Å². The van der Waals surface area contributed by atoms with Crippen molar-refractivity contribution in [1.29, 1.82) is 0 Å². The number of carbonyl (C=O) groups is 1. The number of carboxylic acid groups (broad SMARTS) is 1. The largest absolute Gasteiger partial charge is 0.481 e. The van der Waals surface area contributed by atoms with Gasteiger partial charge in [-0.25, -0.2) is 0 Å². The number of benzene rings is 1. The number of halogens is 1. The molecule has 0 radical (unpaired) electrons. The van der Waals surface area contributed by atoms with Gasteiger partial charge in [-0.1, -0.05) is 18.6 Å². The first kappa shape index (κ1) is 15.4. The van der Waals surface area contributed by atoms with Gasteiger partial charge in [-0.15, -0.1) is 0 Å². The summed E-state index contributed by atoms with van der Waals surface area (Å²) in [4.78, 5) is 20.9. The highest BCUT2D eigenvalue weighted by Gasteiger charge is 2.27. The number of aliphatic carboxylic acids is 1. The molecular weight excluding hydrogens is 279 g/mol. The van der Waals surface area contributed by atoms with Crippen molar-refractivity contribution < 1.29 is 19.2 Å². The summed E-state index contributed by atoms with van der Waals surface area (Å²) in [5, 5.41) is 22.8. The summed E-state index contributed by atoms with van der Waals surface area (Å²) in [6.07, 6.45) is 2.82. The first-order valence-corrected chi connectivity index (χ1v) is 6.87. The predicted octanol–water partition coefficient (Wildman–Crippen LogP) is 2.47. The van der Waals surface area contributed by atoms with Crippen molar-refractivity contribution >= 4 is 11.7 Å². The number of carboxylic acids is 1. The van der Waals surface area contributed by atoms with Crippen LogP contribution in [0.4, 0.5) is 10.1 Å². The van der Waals surface area contributed by atoms with Crippen molar-refractivity contribution in [2.45, 2.75) is 38.3 Å². The van der Waals surface area contributed by atoms with E-state index in [0.717, 1.165) is 18.9 Å². The summed E-state index contributed by atoms with van der Waals surface area (Å²) in [6, 6.07) is 4.06. The third kappa shape index (κ3) is 3.75. The topological polar surface area (TPSA) is 92.5 Å². The predicted molar refractivity (Wildman–Crippen MR) is 73.3 cm³/mol. The van der Waals surface area contributed by atoms with Gasteiger partial charge < -0.3 is 10.4 Å². The minimum Gasteiger partial charge on any atom is -0.481 e. The van der Waals surface area contributed by atoms with Crippen LogP contribution in [-0.4, -0.2) is 22.0 Å². The Labute approximate surface area is 121 Å².